The van der Waals surface area contributed by atoms with Gasteiger partial charge in [0.2, 0.25) is 5.91 Å². The van der Waals surface area contributed by atoms with Crippen molar-refractivity contribution in [1.82, 2.24) is 15.0 Å². The molecule has 0 radical (unpaired) electrons. The lowest BCUT2D eigenvalue weighted by Gasteiger charge is -2.01. The van der Waals surface area contributed by atoms with Crippen LogP contribution in [0, 0.1) is 0 Å². The average molecular weight is 183 g/mol. The smallest absolute Gasteiger partial charge is 0.222 e. The number of nitrogens with two attached hydrogens (primary N) is 1. The molecule has 0 aliphatic rings. The van der Waals surface area contributed by atoms with Crippen LogP contribution in [0.15, 0.2) is 6.20 Å². The molecule has 0 aromatic carbocycles. The molecule has 0 bridgehead atoms. The van der Waals surface area contributed by atoms with Crippen LogP contribution in [0.5, 0.6) is 0 Å². The lowest BCUT2D eigenvalue weighted by Crippen LogP contribution is -2.23. The molecule has 3 N–H and O–H groups in total. The highest BCUT2D eigenvalue weighted by Gasteiger charge is 2.02. The molecule has 0 fully saturated rings. The van der Waals surface area contributed by atoms with Crippen molar-refractivity contribution < 1.29 is 4.79 Å². The number of rotatable bonds is 3. The number of hydrogen-bond donors (Lipinski definition) is 2. The fraction of sp³-hybridized carbons (Fsp3) is 0.571. The maximum Gasteiger partial charge on any atom is 0.222 e. The van der Waals surface area contributed by atoms with Gasteiger partial charge in [-0.25, -0.2) is 0 Å². The van der Waals surface area contributed by atoms with E-state index in [1.54, 1.807) is 0 Å². The Morgan fingerprint density at radius 1 is 1.85 bits per heavy atom. The standard InChI is InChI=1S/C7H13N5O/c1-5(8)4-12-9-3-7(11-12)10-6(2)13/h3,5H,4,8H2,1-2H3,(H,10,11,13). The second-order valence-corrected chi connectivity index (χ2v) is 2.94. The largest absolute Gasteiger partial charge is 0.326 e. The van der Waals surface area contributed by atoms with Crippen LogP contribution in [0.1, 0.15) is 13.8 Å². The highest BCUT2D eigenvalue weighted by Crippen LogP contribution is 1.98. The van der Waals surface area contributed by atoms with Gasteiger partial charge in [0, 0.05) is 13.0 Å². The highest BCUT2D eigenvalue weighted by atomic mass is 16.1. The van der Waals surface area contributed by atoms with Gasteiger partial charge in [0.1, 0.15) is 0 Å². The Morgan fingerprint density at radius 2 is 2.54 bits per heavy atom. The van der Waals surface area contributed by atoms with Gasteiger partial charge in [-0.2, -0.15) is 9.90 Å². The Balaban J connectivity index is 2.58. The predicted molar refractivity (Wildman–Crippen MR) is 48.0 cm³/mol. The first-order valence-electron chi connectivity index (χ1n) is 4.01. The zero-order chi connectivity index (χ0) is 9.84. The Bertz CT molecular complexity index is 293. The average Bonchev–Trinajstić information content (AvgIpc) is 2.33. The number of hydrogen-bond acceptors (Lipinski definition) is 4. The van der Waals surface area contributed by atoms with Crippen molar-refractivity contribution in [2.45, 2.75) is 26.4 Å². The molecule has 1 amide bonds. The van der Waals surface area contributed by atoms with Gasteiger partial charge in [0.15, 0.2) is 5.82 Å². The van der Waals surface area contributed by atoms with Crippen LogP contribution in [0.4, 0.5) is 5.82 Å². The highest BCUT2D eigenvalue weighted by molar-refractivity contribution is 5.87. The number of carbonyl (C=O) groups is 1. The molecule has 6 nitrogen and oxygen atoms in total. The molecule has 0 saturated carbocycles. The number of amides is 1. The molecule has 6 heteroatoms. The van der Waals surface area contributed by atoms with E-state index in [2.05, 4.69) is 15.5 Å². The second kappa shape index (κ2) is 3.99. The lowest BCUT2D eigenvalue weighted by atomic mass is 10.4. The van der Waals surface area contributed by atoms with Crippen LogP contribution < -0.4 is 11.1 Å². The molecule has 1 unspecified atom stereocenters. The fourth-order valence-electron chi connectivity index (χ4n) is 0.881. The monoisotopic (exact) mass is 183 g/mol. The molecule has 0 spiro atoms. The van der Waals surface area contributed by atoms with Gasteiger partial charge in [-0.1, -0.05) is 0 Å². The van der Waals surface area contributed by atoms with Crippen molar-refractivity contribution in [3.8, 4) is 0 Å². The molecule has 72 valence electrons. The number of carbonyl (C=O) groups excluding carboxylic acids is 1. The van der Waals surface area contributed by atoms with Crippen LogP contribution in [0.2, 0.25) is 0 Å². The summed E-state index contributed by atoms with van der Waals surface area (Å²) < 4.78 is 0. The van der Waals surface area contributed by atoms with E-state index in [1.165, 1.54) is 17.9 Å². The molecule has 1 heterocycles. The minimum atomic E-state index is -0.159. The number of nitrogens with one attached hydrogen (secondary N) is 1. The Morgan fingerprint density at radius 3 is 3.08 bits per heavy atom. The zero-order valence-corrected chi connectivity index (χ0v) is 7.69. The molecule has 1 atom stereocenters. The van der Waals surface area contributed by atoms with Crippen LogP contribution in [-0.4, -0.2) is 26.9 Å². The van der Waals surface area contributed by atoms with Crippen molar-refractivity contribution in [2.75, 3.05) is 5.32 Å². The van der Waals surface area contributed by atoms with Gasteiger partial charge in [0.05, 0.1) is 12.7 Å². The van der Waals surface area contributed by atoms with Crippen LogP contribution >= 0.6 is 0 Å². The van der Waals surface area contributed by atoms with E-state index in [1.807, 2.05) is 6.92 Å². The number of aromatic nitrogens is 3. The summed E-state index contributed by atoms with van der Waals surface area (Å²) in [6, 6.07) is -0.00224. The summed E-state index contributed by atoms with van der Waals surface area (Å²) in [5.41, 5.74) is 5.55. The van der Waals surface area contributed by atoms with Crippen molar-refractivity contribution >= 4 is 11.7 Å². The Labute approximate surface area is 76.1 Å². The number of nitrogens with zero attached hydrogens (tertiary/aromatic N) is 3. The minimum absolute atomic E-state index is 0.00224. The summed E-state index contributed by atoms with van der Waals surface area (Å²) in [6.45, 7) is 3.82. The summed E-state index contributed by atoms with van der Waals surface area (Å²) in [6.07, 6.45) is 1.49. The first kappa shape index (κ1) is 9.66. The molecule has 0 aliphatic carbocycles. The molecular weight excluding hydrogens is 170 g/mol. The SMILES string of the molecule is CC(=O)Nc1cnn(CC(C)N)n1. The quantitative estimate of drug-likeness (QED) is 0.666. The van der Waals surface area contributed by atoms with E-state index in [4.69, 9.17) is 5.73 Å². The summed E-state index contributed by atoms with van der Waals surface area (Å²) in [4.78, 5) is 12.1. The van der Waals surface area contributed by atoms with Crippen LogP contribution in [-0.2, 0) is 11.3 Å². The van der Waals surface area contributed by atoms with Crippen LogP contribution in [0.25, 0.3) is 0 Å². The Kier molecular flexibility index (Phi) is 2.97. The molecular formula is C7H13N5O. The van der Waals surface area contributed by atoms with Crippen molar-refractivity contribution in [3.05, 3.63) is 6.20 Å². The zero-order valence-electron chi connectivity index (χ0n) is 7.69. The number of anilines is 1. The molecule has 1 rings (SSSR count). The fourth-order valence-corrected chi connectivity index (χ4v) is 0.881. The summed E-state index contributed by atoms with van der Waals surface area (Å²) >= 11 is 0. The van der Waals surface area contributed by atoms with E-state index >= 15 is 0 Å². The lowest BCUT2D eigenvalue weighted by molar-refractivity contribution is -0.114. The predicted octanol–water partition coefficient (Wildman–Crippen LogP) is -0.416. The topological polar surface area (TPSA) is 85.8 Å². The van der Waals surface area contributed by atoms with E-state index < -0.39 is 0 Å². The molecule has 0 saturated heterocycles. The first-order valence-corrected chi connectivity index (χ1v) is 4.01. The van der Waals surface area contributed by atoms with Gasteiger partial charge in [-0.3, -0.25) is 4.79 Å². The maximum absolute atomic E-state index is 10.6. The van der Waals surface area contributed by atoms with Gasteiger partial charge >= 0.3 is 0 Å². The van der Waals surface area contributed by atoms with Crippen molar-refractivity contribution in [1.29, 1.82) is 0 Å². The van der Waals surface area contributed by atoms with Gasteiger partial charge in [-0.05, 0) is 6.92 Å². The molecule has 0 aliphatic heterocycles. The van der Waals surface area contributed by atoms with Crippen molar-refractivity contribution in [3.63, 3.8) is 0 Å². The van der Waals surface area contributed by atoms with E-state index in [-0.39, 0.29) is 11.9 Å². The summed E-state index contributed by atoms with van der Waals surface area (Å²) in [7, 11) is 0. The second-order valence-electron chi connectivity index (χ2n) is 2.94. The summed E-state index contributed by atoms with van der Waals surface area (Å²) in [5, 5.41) is 10.4. The van der Waals surface area contributed by atoms with E-state index in [0.717, 1.165) is 0 Å². The third-order valence-electron chi connectivity index (χ3n) is 1.29. The maximum atomic E-state index is 10.6. The van der Waals surface area contributed by atoms with E-state index in [0.29, 0.717) is 12.4 Å². The summed E-state index contributed by atoms with van der Waals surface area (Å²) in [5.74, 6) is 0.293. The van der Waals surface area contributed by atoms with Crippen LogP contribution in [0.3, 0.4) is 0 Å². The minimum Gasteiger partial charge on any atom is -0.326 e. The molecule has 13 heavy (non-hydrogen) atoms. The third kappa shape index (κ3) is 3.20. The molecule has 1 aromatic heterocycles. The van der Waals surface area contributed by atoms with Gasteiger partial charge in [-0.15, -0.1) is 5.10 Å². The third-order valence-corrected chi connectivity index (χ3v) is 1.29. The van der Waals surface area contributed by atoms with Gasteiger partial charge in [0.25, 0.3) is 0 Å². The first-order chi connectivity index (χ1) is 6.08. The van der Waals surface area contributed by atoms with E-state index in [9.17, 15) is 4.79 Å². The Hall–Kier alpha value is -1.43. The normalized spacial score (nSPS) is 12.5. The van der Waals surface area contributed by atoms with Gasteiger partial charge < -0.3 is 11.1 Å². The van der Waals surface area contributed by atoms with Crippen molar-refractivity contribution in [2.24, 2.45) is 5.73 Å². The molecule has 1 aromatic rings.